The molecule has 0 spiro atoms. The first-order valence-electron chi connectivity index (χ1n) is 22.1. The van der Waals surface area contributed by atoms with Crippen LogP contribution in [0.1, 0.15) is 22.6 Å². The van der Waals surface area contributed by atoms with Gasteiger partial charge in [-0.2, -0.15) is 0 Å². The maximum Gasteiger partial charge on any atom is 0.138 e. The number of hydrogen-bond donors (Lipinski definition) is 0. The first-order valence-corrected chi connectivity index (χ1v) is 22.1. The molecule has 8 aromatic carbocycles. The van der Waals surface area contributed by atoms with E-state index >= 15 is 0 Å². The van der Waals surface area contributed by atoms with Crippen LogP contribution in [0.4, 0.5) is 17.1 Å². The van der Waals surface area contributed by atoms with Crippen LogP contribution in [-0.4, -0.2) is 14.0 Å². The molecule has 1 aliphatic rings. The molecule has 298 valence electrons. The van der Waals surface area contributed by atoms with Crippen molar-refractivity contribution in [1.82, 2.24) is 14.0 Å². The molecule has 1 atom stereocenters. The molecule has 0 radical (unpaired) electrons. The average Bonchev–Trinajstić information content (AvgIpc) is 4.01. The molecule has 0 bridgehead atoms. The Morgan fingerprint density at radius 1 is 0.406 bits per heavy atom. The van der Waals surface area contributed by atoms with E-state index in [2.05, 4.69) is 238 Å². The zero-order chi connectivity index (χ0) is 41.9. The van der Waals surface area contributed by atoms with E-state index in [1.165, 1.54) is 88.4 Å². The number of rotatable bonds is 5. The Morgan fingerprint density at radius 2 is 1.02 bits per heavy atom. The van der Waals surface area contributed by atoms with Crippen molar-refractivity contribution in [3.05, 3.63) is 241 Å². The van der Waals surface area contributed by atoms with Crippen LogP contribution < -0.4 is 4.90 Å². The van der Waals surface area contributed by atoms with Crippen LogP contribution in [0.25, 0.3) is 88.1 Å². The fourth-order valence-electron chi connectivity index (χ4n) is 11.0. The summed E-state index contributed by atoms with van der Waals surface area (Å²) < 4.78 is 4.86. The van der Waals surface area contributed by atoms with Crippen LogP contribution in [0.3, 0.4) is 0 Å². The van der Waals surface area contributed by atoms with E-state index in [4.69, 9.17) is 4.98 Å². The van der Waals surface area contributed by atoms with Crippen LogP contribution in [0.5, 0.6) is 0 Å². The van der Waals surface area contributed by atoms with Gasteiger partial charge in [0.2, 0.25) is 0 Å². The van der Waals surface area contributed by atoms with E-state index in [0.29, 0.717) is 0 Å². The highest BCUT2D eigenvalue weighted by Gasteiger charge is 2.38. The molecule has 14 rings (SSSR count). The standard InChI is InChI=1S/C60H38N4/c1-4-17-38(18-5-1)48-37-56(61-50-27-14-12-23-43(48)50)63-51-28-15-13-25-45(51)49-35-40(32-34-53(49)63)41-31-33-47-55(36-41)62(42-21-8-3-9-22-42)60-54-30-16-29-52-44-24-10-11-26-46(44)59(64(52)54)58(60)57(47)39-19-6-2-7-20-39/h1-37,57H. The van der Waals surface area contributed by atoms with Crippen molar-refractivity contribution < 1.29 is 0 Å². The quantitative estimate of drug-likeness (QED) is 0.173. The number of para-hydroxylation sites is 3. The van der Waals surface area contributed by atoms with E-state index in [-0.39, 0.29) is 5.92 Å². The molecule has 1 unspecified atom stereocenters. The second-order valence-electron chi connectivity index (χ2n) is 17.1. The summed E-state index contributed by atoms with van der Waals surface area (Å²) >= 11 is 0. The van der Waals surface area contributed by atoms with Gasteiger partial charge in [0.25, 0.3) is 0 Å². The minimum Gasteiger partial charge on any atom is -0.308 e. The number of fused-ring (bicyclic) bond motifs is 11. The molecule has 4 heteroatoms. The predicted octanol–water partition coefficient (Wildman–Crippen LogP) is 15.6. The SMILES string of the molecule is c1ccc(-c2cc(-n3c4ccccc4c4cc(-c5ccc6c(c5)N(c5ccccc5)c5c(c7c8ccccc8c8cccc5n87)C6c5ccccc5)ccc43)nc3ccccc23)cc1. The molecule has 0 saturated heterocycles. The molecule has 0 aliphatic carbocycles. The third-order valence-electron chi connectivity index (χ3n) is 13.7. The second kappa shape index (κ2) is 13.5. The van der Waals surface area contributed by atoms with E-state index in [1.807, 2.05) is 0 Å². The molecule has 1 aliphatic heterocycles. The monoisotopic (exact) mass is 814 g/mol. The van der Waals surface area contributed by atoms with Crippen LogP contribution >= 0.6 is 0 Å². The van der Waals surface area contributed by atoms with Crippen LogP contribution in [0.15, 0.2) is 224 Å². The Bertz CT molecular complexity index is 3960. The summed E-state index contributed by atoms with van der Waals surface area (Å²) in [6.45, 7) is 0. The maximum atomic E-state index is 5.32. The van der Waals surface area contributed by atoms with Crippen molar-refractivity contribution in [1.29, 1.82) is 0 Å². The van der Waals surface area contributed by atoms with Gasteiger partial charge in [0, 0.05) is 44.1 Å². The van der Waals surface area contributed by atoms with Crippen LogP contribution in [0.2, 0.25) is 0 Å². The Labute approximate surface area is 369 Å². The average molecular weight is 815 g/mol. The molecule has 64 heavy (non-hydrogen) atoms. The zero-order valence-electron chi connectivity index (χ0n) is 34.7. The smallest absolute Gasteiger partial charge is 0.138 e. The van der Waals surface area contributed by atoms with Crippen LogP contribution in [-0.2, 0) is 0 Å². The normalized spacial score (nSPS) is 13.8. The molecule has 0 amide bonds. The minimum atomic E-state index is 0.0183. The number of benzene rings is 8. The van der Waals surface area contributed by atoms with Crippen molar-refractivity contribution in [2.24, 2.45) is 0 Å². The number of pyridine rings is 2. The van der Waals surface area contributed by atoms with Gasteiger partial charge in [-0.25, -0.2) is 4.98 Å². The van der Waals surface area contributed by atoms with E-state index in [1.54, 1.807) is 0 Å². The van der Waals surface area contributed by atoms with E-state index < -0.39 is 0 Å². The van der Waals surface area contributed by atoms with Crippen molar-refractivity contribution in [3.8, 4) is 28.1 Å². The van der Waals surface area contributed by atoms with Gasteiger partial charge in [0.05, 0.1) is 44.5 Å². The molecule has 6 heterocycles. The van der Waals surface area contributed by atoms with E-state index in [0.717, 1.165) is 33.4 Å². The summed E-state index contributed by atoms with van der Waals surface area (Å²) in [5, 5.41) is 6.12. The van der Waals surface area contributed by atoms with Gasteiger partial charge in [0.15, 0.2) is 0 Å². The molecular formula is C60H38N4. The lowest BCUT2D eigenvalue weighted by molar-refractivity contribution is 0.956. The van der Waals surface area contributed by atoms with Gasteiger partial charge in [-0.3, -0.25) is 4.57 Å². The first-order chi connectivity index (χ1) is 31.8. The van der Waals surface area contributed by atoms with Gasteiger partial charge < -0.3 is 9.30 Å². The highest BCUT2D eigenvalue weighted by molar-refractivity contribution is 6.17. The van der Waals surface area contributed by atoms with Gasteiger partial charge in [-0.15, -0.1) is 0 Å². The van der Waals surface area contributed by atoms with Gasteiger partial charge >= 0.3 is 0 Å². The Hall–Kier alpha value is -8.47. The summed E-state index contributed by atoms with van der Waals surface area (Å²) in [7, 11) is 0. The molecule has 0 N–H and O–H groups in total. The first kappa shape index (κ1) is 35.2. The lowest BCUT2D eigenvalue weighted by Crippen LogP contribution is -2.21. The summed E-state index contributed by atoms with van der Waals surface area (Å²) in [6.07, 6.45) is 0. The van der Waals surface area contributed by atoms with Gasteiger partial charge in [-0.1, -0.05) is 164 Å². The number of anilines is 3. The Kier molecular flexibility index (Phi) is 7.42. The minimum absolute atomic E-state index is 0.0183. The highest BCUT2D eigenvalue weighted by Crippen LogP contribution is 2.57. The predicted molar refractivity (Wildman–Crippen MR) is 266 cm³/mol. The fraction of sp³-hybridized carbons (Fsp3) is 0.0167. The maximum absolute atomic E-state index is 5.32. The van der Waals surface area contributed by atoms with Crippen LogP contribution in [0, 0.1) is 0 Å². The summed E-state index contributed by atoms with van der Waals surface area (Å²) in [4.78, 5) is 7.85. The lowest BCUT2D eigenvalue weighted by atomic mass is 9.79. The van der Waals surface area contributed by atoms with Gasteiger partial charge in [0.1, 0.15) is 5.82 Å². The Morgan fingerprint density at radius 3 is 1.83 bits per heavy atom. The lowest BCUT2D eigenvalue weighted by Gasteiger charge is -2.37. The summed E-state index contributed by atoms with van der Waals surface area (Å²) in [6, 6.07) is 82.1. The third-order valence-corrected chi connectivity index (χ3v) is 13.7. The number of nitrogens with zero attached hydrogens (tertiary/aromatic N) is 4. The number of aromatic nitrogens is 3. The summed E-state index contributed by atoms with van der Waals surface area (Å²) in [5.41, 5.74) is 19.2. The van der Waals surface area contributed by atoms with Crippen molar-refractivity contribution in [2.45, 2.75) is 5.92 Å². The molecule has 5 aromatic heterocycles. The molecule has 4 nitrogen and oxygen atoms in total. The number of hydrogen-bond acceptors (Lipinski definition) is 2. The summed E-state index contributed by atoms with van der Waals surface area (Å²) in [5.74, 6) is 0.925. The van der Waals surface area contributed by atoms with Gasteiger partial charge in [-0.05, 0) is 94.0 Å². The second-order valence-corrected chi connectivity index (χ2v) is 17.1. The van der Waals surface area contributed by atoms with Crippen molar-refractivity contribution in [3.63, 3.8) is 0 Å². The zero-order valence-corrected chi connectivity index (χ0v) is 34.7. The highest BCUT2D eigenvalue weighted by atomic mass is 15.2. The molecule has 0 saturated carbocycles. The Balaban J connectivity index is 1.00. The fourth-order valence-corrected chi connectivity index (χ4v) is 11.0. The molecule has 13 aromatic rings. The topological polar surface area (TPSA) is 25.5 Å². The molecule has 0 fully saturated rings. The van der Waals surface area contributed by atoms with E-state index in [9.17, 15) is 0 Å². The largest absolute Gasteiger partial charge is 0.308 e. The van der Waals surface area contributed by atoms with Crippen molar-refractivity contribution >= 4 is 77.1 Å². The third kappa shape index (κ3) is 4.96. The van der Waals surface area contributed by atoms with Crippen molar-refractivity contribution in [2.75, 3.05) is 4.90 Å². The molecular weight excluding hydrogens is 777 g/mol.